The van der Waals surface area contributed by atoms with E-state index in [-0.39, 0.29) is 5.91 Å². The molecule has 5 heteroatoms. The number of benzene rings is 2. The molecular formula is C17H18N2O3. The van der Waals surface area contributed by atoms with E-state index in [0.29, 0.717) is 11.4 Å². The average molecular weight is 298 g/mol. The second-order valence-electron chi connectivity index (χ2n) is 5.04. The van der Waals surface area contributed by atoms with Gasteiger partial charge in [0, 0.05) is 18.3 Å². The molecule has 0 bridgehead atoms. The molecule has 22 heavy (non-hydrogen) atoms. The van der Waals surface area contributed by atoms with Gasteiger partial charge in [-0.2, -0.15) is 0 Å². The Balaban J connectivity index is 1.99. The normalized spacial score (nSPS) is 9.95. The van der Waals surface area contributed by atoms with E-state index in [2.05, 4.69) is 10.6 Å². The molecule has 2 N–H and O–H groups in total. The van der Waals surface area contributed by atoms with Crippen molar-refractivity contribution in [2.45, 2.75) is 20.8 Å². The van der Waals surface area contributed by atoms with Crippen molar-refractivity contribution >= 4 is 23.4 Å². The highest BCUT2D eigenvalue weighted by Crippen LogP contribution is 2.19. The molecule has 0 radical (unpaired) electrons. The Morgan fingerprint density at radius 1 is 0.955 bits per heavy atom. The van der Waals surface area contributed by atoms with Gasteiger partial charge in [-0.3, -0.25) is 10.1 Å². The predicted octanol–water partition coefficient (Wildman–Crippen LogP) is 3.87. The van der Waals surface area contributed by atoms with Crippen LogP contribution in [0.5, 0.6) is 5.75 Å². The second-order valence-corrected chi connectivity index (χ2v) is 5.04. The van der Waals surface area contributed by atoms with Crippen molar-refractivity contribution in [3.63, 3.8) is 0 Å². The first-order valence-corrected chi connectivity index (χ1v) is 6.88. The van der Waals surface area contributed by atoms with Gasteiger partial charge < -0.3 is 10.1 Å². The number of carbonyl (C=O) groups is 2. The number of carbonyl (C=O) groups excluding carboxylic acids is 2. The number of rotatable bonds is 3. The molecule has 5 nitrogen and oxygen atoms in total. The number of amides is 2. The number of anilines is 2. The van der Waals surface area contributed by atoms with Crippen molar-refractivity contribution in [2.75, 3.05) is 10.6 Å². The van der Waals surface area contributed by atoms with Gasteiger partial charge in [0.2, 0.25) is 5.91 Å². The molecule has 0 heterocycles. The molecule has 0 spiro atoms. The van der Waals surface area contributed by atoms with Gasteiger partial charge in [-0.15, -0.1) is 0 Å². The van der Waals surface area contributed by atoms with Gasteiger partial charge >= 0.3 is 6.09 Å². The van der Waals surface area contributed by atoms with Gasteiger partial charge in [-0.1, -0.05) is 12.1 Å². The monoisotopic (exact) mass is 298 g/mol. The molecule has 0 aliphatic carbocycles. The van der Waals surface area contributed by atoms with E-state index in [4.69, 9.17) is 4.74 Å². The number of nitrogens with one attached hydrogen (secondary N) is 2. The molecule has 2 aromatic carbocycles. The fourth-order valence-corrected chi connectivity index (χ4v) is 1.92. The van der Waals surface area contributed by atoms with Gasteiger partial charge in [-0.25, -0.2) is 4.79 Å². The lowest BCUT2D eigenvalue weighted by Crippen LogP contribution is -2.17. The van der Waals surface area contributed by atoms with Crippen molar-refractivity contribution in [3.05, 3.63) is 53.6 Å². The fourth-order valence-electron chi connectivity index (χ4n) is 1.92. The summed E-state index contributed by atoms with van der Waals surface area (Å²) in [4.78, 5) is 22.8. The van der Waals surface area contributed by atoms with E-state index >= 15 is 0 Å². The Morgan fingerprint density at radius 3 is 2.27 bits per heavy atom. The predicted molar refractivity (Wildman–Crippen MR) is 86.3 cm³/mol. The molecule has 0 saturated heterocycles. The van der Waals surface area contributed by atoms with Crippen LogP contribution in [-0.2, 0) is 4.79 Å². The Hall–Kier alpha value is -2.82. The van der Waals surface area contributed by atoms with Crippen LogP contribution in [0.2, 0.25) is 0 Å². The lowest BCUT2D eigenvalue weighted by molar-refractivity contribution is -0.114. The summed E-state index contributed by atoms with van der Waals surface area (Å²) in [5.41, 5.74) is 3.39. The summed E-state index contributed by atoms with van der Waals surface area (Å²) in [6, 6.07) is 12.4. The fraction of sp³-hybridized carbons (Fsp3) is 0.176. The van der Waals surface area contributed by atoms with E-state index in [1.54, 1.807) is 24.3 Å². The van der Waals surface area contributed by atoms with Crippen molar-refractivity contribution in [2.24, 2.45) is 0 Å². The zero-order valence-electron chi connectivity index (χ0n) is 12.8. The third kappa shape index (κ3) is 4.34. The van der Waals surface area contributed by atoms with E-state index < -0.39 is 6.09 Å². The maximum absolute atomic E-state index is 11.9. The van der Waals surface area contributed by atoms with Crippen LogP contribution in [0.3, 0.4) is 0 Å². The van der Waals surface area contributed by atoms with Crippen molar-refractivity contribution < 1.29 is 14.3 Å². The molecule has 114 valence electrons. The molecule has 2 rings (SSSR count). The highest BCUT2D eigenvalue weighted by atomic mass is 16.6. The average Bonchev–Trinajstić information content (AvgIpc) is 2.44. The Bertz CT molecular complexity index is 694. The number of hydrogen-bond donors (Lipinski definition) is 2. The van der Waals surface area contributed by atoms with Crippen LogP contribution in [0, 0.1) is 13.8 Å². The molecule has 0 aromatic heterocycles. The van der Waals surface area contributed by atoms with Crippen LogP contribution in [0.1, 0.15) is 18.1 Å². The highest BCUT2D eigenvalue weighted by molar-refractivity contribution is 5.89. The smallest absolute Gasteiger partial charge is 0.410 e. The molecular weight excluding hydrogens is 280 g/mol. The molecule has 0 saturated carbocycles. The lowest BCUT2D eigenvalue weighted by atomic mass is 10.1. The summed E-state index contributed by atoms with van der Waals surface area (Å²) in [5.74, 6) is 0.248. The first kappa shape index (κ1) is 15.6. The first-order chi connectivity index (χ1) is 10.4. The highest BCUT2D eigenvalue weighted by Gasteiger charge is 2.07. The minimum absolute atomic E-state index is 0.152. The third-order valence-corrected chi connectivity index (χ3v) is 3.02. The Kier molecular flexibility index (Phi) is 4.78. The summed E-state index contributed by atoms with van der Waals surface area (Å²) in [5, 5.41) is 5.36. The molecule has 0 aliphatic heterocycles. The quantitative estimate of drug-likeness (QED) is 0.903. The van der Waals surface area contributed by atoms with Gasteiger partial charge in [0.05, 0.1) is 0 Å². The molecule has 0 atom stereocenters. The molecule has 2 amide bonds. The van der Waals surface area contributed by atoms with Crippen LogP contribution in [0.25, 0.3) is 0 Å². The van der Waals surface area contributed by atoms with Gasteiger partial charge in [0.15, 0.2) is 0 Å². The van der Waals surface area contributed by atoms with Crippen molar-refractivity contribution in [1.82, 2.24) is 0 Å². The summed E-state index contributed by atoms with van der Waals surface area (Å²) in [6.45, 7) is 5.30. The summed E-state index contributed by atoms with van der Waals surface area (Å²) in [6.07, 6.45) is -0.555. The number of ether oxygens (including phenoxy) is 1. The largest absolute Gasteiger partial charge is 0.417 e. The Labute approximate surface area is 129 Å². The van der Waals surface area contributed by atoms with Crippen LogP contribution in [0.15, 0.2) is 42.5 Å². The minimum atomic E-state index is -0.555. The van der Waals surface area contributed by atoms with Crippen LogP contribution < -0.4 is 15.4 Å². The van der Waals surface area contributed by atoms with Crippen molar-refractivity contribution in [3.8, 4) is 5.75 Å². The maximum Gasteiger partial charge on any atom is 0.417 e. The zero-order chi connectivity index (χ0) is 16.1. The van der Waals surface area contributed by atoms with E-state index in [1.165, 1.54) is 6.92 Å². The van der Waals surface area contributed by atoms with E-state index in [9.17, 15) is 9.59 Å². The molecule has 0 fully saturated rings. The molecule has 2 aromatic rings. The van der Waals surface area contributed by atoms with Crippen LogP contribution in [0.4, 0.5) is 16.2 Å². The zero-order valence-corrected chi connectivity index (χ0v) is 12.8. The van der Waals surface area contributed by atoms with Gasteiger partial charge in [-0.05, 0) is 55.3 Å². The Morgan fingerprint density at radius 2 is 1.64 bits per heavy atom. The standard InChI is InChI=1S/C17H18N2O3/c1-11-4-5-12(2)16(10-11)19-17(21)22-15-8-6-14(7-9-15)18-13(3)20/h4-10H,1-3H3,(H,18,20)(H,19,21). The number of hydrogen-bond acceptors (Lipinski definition) is 3. The lowest BCUT2D eigenvalue weighted by Gasteiger charge is -2.10. The maximum atomic E-state index is 11.9. The van der Waals surface area contributed by atoms with E-state index in [1.807, 2.05) is 32.0 Å². The number of aryl methyl sites for hydroxylation is 2. The third-order valence-electron chi connectivity index (χ3n) is 3.02. The minimum Gasteiger partial charge on any atom is -0.410 e. The van der Waals surface area contributed by atoms with E-state index in [0.717, 1.165) is 16.8 Å². The van der Waals surface area contributed by atoms with Crippen molar-refractivity contribution in [1.29, 1.82) is 0 Å². The second kappa shape index (κ2) is 6.76. The SMILES string of the molecule is CC(=O)Nc1ccc(OC(=O)Nc2cc(C)ccc2C)cc1. The van der Waals surface area contributed by atoms with Gasteiger partial charge in [0.25, 0.3) is 0 Å². The molecule has 0 unspecified atom stereocenters. The topological polar surface area (TPSA) is 67.4 Å². The summed E-state index contributed by atoms with van der Waals surface area (Å²) >= 11 is 0. The summed E-state index contributed by atoms with van der Waals surface area (Å²) in [7, 11) is 0. The summed E-state index contributed by atoms with van der Waals surface area (Å²) < 4.78 is 5.21. The van der Waals surface area contributed by atoms with Crippen LogP contribution >= 0.6 is 0 Å². The first-order valence-electron chi connectivity index (χ1n) is 6.88. The molecule has 0 aliphatic rings. The van der Waals surface area contributed by atoms with Gasteiger partial charge in [0.1, 0.15) is 5.75 Å². The van der Waals surface area contributed by atoms with Crippen LogP contribution in [-0.4, -0.2) is 12.0 Å².